The van der Waals surface area contributed by atoms with Gasteiger partial charge in [-0.2, -0.15) is 4.98 Å². The number of nitrogens with zero attached hydrogens (tertiary/aromatic N) is 3. The normalized spacial score (nSPS) is 11.0. The summed E-state index contributed by atoms with van der Waals surface area (Å²) in [7, 11) is 1.63. The first-order valence-corrected chi connectivity index (χ1v) is 10.6. The van der Waals surface area contributed by atoms with Gasteiger partial charge in [0.15, 0.2) is 5.65 Å². The van der Waals surface area contributed by atoms with E-state index >= 15 is 0 Å². The van der Waals surface area contributed by atoms with E-state index < -0.39 is 0 Å². The Hall–Kier alpha value is -4.10. The van der Waals surface area contributed by atoms with Gasteiger partial charge in [-0.25, -0.2) is 9.37 Å². The molecule has 0 aliphatic heterocycles. The molecule has 2 aromatic heterocycles. The average molecular weight is 455 g/mol. The van der Waals surface area contributed by atoms with E-state index in [9.17, 15) is 4.39 Å². The van der Waals surface area contributed by atoms with Crippen molar-refractivity contribution in [3.05, 3.63) is 95.5 Å². The maximum Gasteiger partial charge on any atom is 0.207 e. The van der Waals surface area contributed by atoms with Gasteiger partial charge in [0, 0.05) is 5.56 Å². The number of hydrogen-bond donors (Lipinski definition) is 1. The number of pyridine rings is 1. The highest BCUT2D eigenvalue weighted by atomic mass is 32.1. The van der Waals surface area contributed by atoms with E-state index in [0.29, 0.717) is 22.5 Å². The summed E-state index contributed by atoms with van der Waals surface area (Å²) in [4.78, 5) is 9.39. The van der Waals surface area contributed by atoms with Crippen LogP contribution in [-0.4, -0.2) is 21.6 Å². The van der Waals surface area contributed by atoms with Gasteiger partial charge in [-0.3, -0.25) is 4.57 Å². The van der Waals surface area contributed by atoms with Crippen molar-refractivity contribution >= 4 is 29.1 Å². The molecule has 5 nitrogen and oxygen atoms in total. The maximum absolute atomic E-state index is 13.5. The second kappa shape index (κ2) is 8.44. The van der Waals surface area contributed by atoms with Gasteiger partial charge in [-0.05, 0) is 65.8 Å². The molecule has 7 heteroatoms. The molecule has 3 aromatic carbocycles. The van der Waals surface area contributed by atoms with E-state index in [0.717, 1.165) is 28.1 Å². The number of methoxy groups -OCH3 is 1. The molecule has 0 saturated heterocycles. The van der Waals surface area contributed by atoms with Crippen molar-refractivity contribution in [3.8, 4) is 33.8 Å². The Morgan fingerprint density at radius 1 is 0.879 bits per heavy atom. The molecule has 5 aromatic rings. The molecule has 0 aliphatic carbocycles. The monoisotopic (exact) mass is 454 g/mol. The summed E-state index contributed by atoms with van der Waals surface area (Å²) in [5.74, 6) is 0.793. The van der Waals surface area contributed by atoms with Gasteiger partial charge in [0.25, 0.3) is 0 Å². The van der Waals surface area contributed by atoms with Crippen molar-refractivity contribution in [1.29, 1.82) is 0 Å². The van der Waals surface area contributed by atoms with Crippen molar-refractivity contribution in [2.75, 3.05) is 12.8 Å². The number of halogens is 1. The highest BCUT2D eigenvalue weighted by Gasteiger charge is 2.17. The molecular formula is C26H19FN4OS. The fraction of sp³-hybridized carbons (Fsp3) is 0.0385. The molecule has 0 amide bonds. The van der Waals surface area contributed by atoms with Crippen LogP contribution in [0.15, 0.2) is 84.9 Å². The summed E-state index contributed by atoms with van der Waals surface area (Å²) in [6.45, 7) is 0. The average Bonchev–Trinajstić information content (AvgIpc) is 2.85. The number of fused-ring (bicyclic) bond motifs is 1. The lowest BCUT2D eigenvalue weighted by Gasteiger charge is -2.16. The summed E-state index contributed by atoms with van der Waals surface area (Å²) in [5, 5.41) is 0.665. The second-order valence-electron chi connectivity index (χ2n) is 7.44. The first-order chi connectivity index (χ1) is 16.0. The van der Waals surface area contributed by atoms with Gasteiger partial charge in [0.2, 0.25) is 4.77 Å². The van der Waals surface area contributed by atoms with Crippen LogP contribution >= 0.6 is 12.2 Å². The molecule has 2 heterocycles. The lowest BCUT2D eigenvalue weighted by atomic mass is 9.99. The highest BCUT2D eigenvalue weighted by Crippen LogP contribution is 2.36. The van der Waals surface area contributed by atoms with Crippen molar-refractivity contribution in [3.63, 3.8) is 0 Å². The molecule has 0 atom stereocenters. The Balaban J connectivity index is 1.84. The SMILES string of the molecule is COc1ccc(-c2cc(-c3ccccc3)nc3nc(=S)n(-c4ccc(F)cc4)c(N)c23)cc1. The zero-order chi connectivity index (χ0) is 22.9. The third-order valence-electron chi connectivity index (χ3n) is 5.45. The van der Waals surface area contributed by atoms with Crippen LogP contribution in [0, 0.1) is 10.6 Å². The number of benzene rings is 3. The molecule has 0 spiro atoms. The van der Waals surface area contributed by atoms with Crippen LogP contribution in [0.25, 0.3) is 39.1 Å². The first kappa shape index (κ1) is 20.8. The first-order valence-electron chi connectivity index (χ1n) is 10.2. The highest BCUT2D eigenvalue weighted by molar-refractivity contribution is 7.71. The van der Waals surface area contributed by atoms with Crippen molar-refractivity contribution in [2.45, 2.75) is 0 Å². The molecule has 0 saturated carbocycles. The number of nitrogen functional groups attached to an aromatic ring is 1. The van der Waals surface area contributed by atoms with E-state index in [4.69, 9.17) is 27.7 Å². The van der Waals surface area contributed by atoms with Crippen LogP contribution in [-0.2, 0) is 0 Å². The Labute approximate surface area is 194 Å². The van der Waals surface area contributed by atoms with E-state index in [2.05, 4.69) is 4.98 Å². The van der Waals surface area contributed by atoms with Crippen LogP contribution in [0.4, 0.5) is 10.2 Å². The zero-order valence-electron chi connectivity index (χ0n) is 17.7. The second-order valence-corrected chi connectivity index (χ2v) is 7.80. The molecule has 162 valence electrons. The number of ether oxygens (including phenoxy) is 1. The van der Waals surface area contributed by atoms with Gasteiger partial charge in [0.05, 0.1) is 23.9 Å². The molecule has 0 unspecified atom stereocenters. The predicted octanol–water partition coefficient (Wildman–Crippen LogP) is 6.21. The topological polar surface area (TPSA) is 66.0 Å². The Bertz CT molecular complexity index is 1520. The molecule has 2 N–H and O–H groups in total. The minimum Gasteiger partial charge on any atom is -0.497 e. The van der Waals surface area contributed by atoms with Crippen LogP contribution in [0.3, 0.4) is 0 Å². The molecule has 0 radical (unpaired) electrons. The Morgan fingerprint density at radius 2 is 1.58 bits per heavy atom. The van der Waals surface area contributed by atoms with Crippen LogP contribution < -0.4 is 10.5 Å². The standard InChI is InChI=1S/C26H19FN4OS/c1-32-20-13-7-16(8-14-20)21-15-22(17-5-3-2-4-6-17)29-25-23(21)24(28)31(26(33)30-25)19-11-9-18(27)10-12-19/h2-15H,28H2,1H3. The molecule has 5 rings (SSSR count). The van der Waals surface area contributed by atoms with Gasteiger partial charge in [-0.15, -0.1) is 0 Å². The van der Waals surface area contributed by atoms with E-state index in [1.807, 2.05) is 60.7 Å². The Morgan fingerprint density at radius 3 is 2.24 bits per heavy atom. The van der Waals surface area contributed by atoms with Gasteiger partial charge >= 0.3 is 0 Å². The number of aromatic nitrogens is 3. The summed E-state index contributed by atoms with van der Waals surface area (Å²) in [5.41, 5.74) is 11.2. The minimum atomic E-state index is -0.342. The molecule has 0 fully saturated rings. The van der Waals surface area contributed by atoms with Crippen molar-refractivity contribution in [1.82, 2.24) is 14.5 Å². The van der Waals surface area contributed by atoms with Crippen LogP contribution in [0.2, 0.25) is 0 Å². The van der Waals surface area contributed by atoms with Crippen molar-refractivity contribution in [2.24, 2.45) is 0 Å². The number of anilines is 1. The summed E-state index contributed by atoms with van der Waals surface area (Å²) < 4.78 is 20.7. The predicted molar refractivity (Wildman–Crippen MR) is 131 cm³/mol. The third kappa shape index (κ3) is 3.83. The van der Waals surface area contributed by atoms with Gasteiger partial charge in [0.1, 0.15) is 17.4 Å². The summed E-state index contributed by atoms with van der Waals surface area (Å²) >= 11 is 5.56. The number of hydrogen-bond acceptors (Lipinski definition) is 5. The van der Waals surface area contributed by atoms with E-state index in [1.54, 1.807) is 23.8 Å². The van der Waals surface area contributed by atoms with Gasteiger partial charge in [-0.1, -0.05) is 42.5 Å². The fourth-order valence-corrected chi connectivity index (χ4v) is 4.11. The van der Waals surface area contributed by atoms with Gasteiger partial charge < -0.3 is 10.5 Å². The maximum atomic E-state index is 13.5. The largest absolute Gasteiger partial charge is 0.497 e. The lowest BCUT2D eigenvalue weighted by Crippen LogP contribution is -2.09. The third-order valence-corrected chi connectivity index (χ3v) is 5.72. The summed E-state index contributed by atoms with van der Waals surface area (Å²) in [6, 6.07) is 25.5. The number of rotatable bonds is 4. The Kier molecular flexibility index (Phi) is 5.32. The van der Waals surface area contributed by atoms with E-state index in [1.165, 1.54) is 12.1 Å². The molecule has 33 heavy (non-hydrogen) atoms. The van der Waals surface area contributed by atoms with Crippen LogP contribution in [0.5, 0.6) is 5.75 Å². The van der Waals surface area contributed by atoms with Crippen LogP contribution in [0.1, 0.15) is 0 Å². The zero-order valence-corrected chi connectivity index (χ0v) is 18.5. The smallest absolute Gasteiger partial charge is 0.207 e. The van der Waals surface area contributed by atoms with E-state index in [-0.39, 0.29) is 10.6 Å². The lowest BCUT2D eigenvalue weighted by molar-refractivity contribution is 0.415. The minimum absolute atomic E-state index is 0.241. The number of nitrogens with two attached hydrogens (primary N) is 1. The molecule has 0 aliphatic rings. The quantitative estimate of drug-likeness (QED) is 0.327. The molecular weight excluding hydrogens is 435 g/mol. The molecule has 0 bridgehead atoms. The summed E-state index contributed by atoms with van der Waals surface area (Å²) in [6.07, 6.45) is 0. The van der Waals surface area contributed by atoms with Crippen molar-refractivity contribution < 1.29 is 9.13 Å². The fourth-order valence-electron chi connectivity index (χ4n) is 3.82.